The molecule has 0 unspecified atom stereocenters. The topological polar surface area (TPSA) is 66.4 Å². The van der Waals surface area contributed by atoms with Crippen LogP contribution in [0.1, 0.15) is 17.4 Å². The summed E-state index contributed by atoms with van der Waals surface area (Å²) in [5.41, 5.74) is 0.836. The molecular weight excluding hydrogens is 214 g/mol. The summed E-state index contributed by atoms with van der Waals surface area (Å²) in [6, 6.07) is 1.85. The fraction of sp³-hybridized carbons (Fsp3) is 0.200. The second-order valence-corrected chi connectivity index (χ2v) is 3.92. The molecule has 1 aromatic rings. The van der Waals surface area contributed by atoms with Crippen molar-refractivity contribution in [1.82, 2.24) is 5.32 Å². The summed E-state index contributed by atoms with van der Waals surface area (Å²) in [4.78, 5) is 21.9. The van der Waals surface area contributed by atoms with Crippen LogP contribution < -0.4 is 5.32 Å². The molecule has 0 aliphatic carbocycles. The number of aliphatic carboxylic acids is 1. The largest absolute Gasteiger partial charge is 0.478 e. The zero-order valence-electron chi connectivity index (χ0n) is 8.19. The van der Waals surface area contributed by atoms with Gasteiger partial charge >= 0.3 is 5.97 Å². The number of thiophene rings is 1. The minimum Gasteiger partial charge on any atom is -0.478 e. The zero-order chi connectivity index (χ0) is 11.3. The van der Waals surface area contributed by atoms with Crippen LogP contribution in [0.2, 0.25) is 0 Å². The Labute approximate surface area is 91.2 Å². The highest BCUT2D eigenvalue weighted by Crippen LogP contribution is 2.15. The van der Waals surface area contributed by atoms with E-state index in [4.69, 9.17) is 5.11 Å². The van der Waals surface area contributed by atoms with Crippen LogP contribution in [-0.2, 0) is 16.1 Å². The lowest BCUT2D eigenvalue weighted by Gasteiger charge is -1.96. The number of amides is 1. The Morgan fingerprint density at radius 2 is 2.33 bits per heavy atom. The van der Waals surface area contributed by atoms with E-state index in [0.29, 0.717) is 6.54 Å². The van der Waals surface area contributed by atoms with Gasteiger partial charge in [-0.15, -0.1) is 11.3 Å². The normalized spacial score (nSPS) is 10.5. The molecule has 0 saturated carbocycles. The van der Waals surface area contributed by atoms with Crippen LogP contribution in [0.15, 0.2) is 17.5 Å². The van der Waals surface area contributed by atoms with Gasteiger partial charge in [-0.3, -0.25) is 4.79 Å². The number of nitrogens with one attached hydrogen (secondary N) is 1. The van der Waals surface area contributed by atoms with Crippen LogP contribution in [-0.4, -0.2) is 17.0 Å². The lowest BCUT2D eigenvalue weighted by atomic mass is 10.3. The van der Waals surface area contributed by atoms with E-state index in [1.54, 1.807) is 0 Å². The first-order valence-electron chi connectivity index (χ1n) is 4.31. The summed E-state index contributed by atoms with van der Waals surface area (Å²) in [6.45, 7) is 1.94. The standard InChI is InChI=1S/C10H11NO3S/c1-7(12)11-5-9-4-8(6-15-9)2-3-10(13)14/h2-4,6H,5H2,1H3,(H,11,12)(H,13,14). The highest BCUT2D eigenvalue weighted by Gasteiger charge is 1.98. The second kappa shape index (κ2) is 5.31. The summed E-state index contributed by atoms with van der Waals surface area (Å²) in [6.07, 6.45) is 2.61. The van der Waals surface area contributed by atoms with Crippen LogP contribution in [0.25, 0.3) is 6.08 Å². The van der Waals surface area contributed by atoms with Gasteiger partial charge < -0.3 is 10.4 Å². The van der Waals surface area contributed by atoms with E-state index in [9.17, 15) is 9.59 Å². The summed E-state index contributed by atoms with van der Waals surface area (Å²) in [5, 5.41) is 12.9. The van der Waals surface area contributed by atoms with Gasteiger partial charge in [-0.05, 0) is 23.1 Å². The molecule has 80 valence electrons. The molecule has 0 aromatic carbocycles. The van der Waals surface area contributed by atoms with Gasteiger partial charge in [0.2, 0.25) is 5.91 Å². The fourth-order valence-electron chi connectivity index (χ4n) is 0.957. The van der Waals surface area contributed by atoms with E-state index < -0.39 is 5.97 Å². The van der Waals surface area contributed by atoms with Gasteiger partial charge in [-0.2, -0.15) is 0 Å². The number of carbonyl (C=O) groups is 2. The predicted octanol–water partition coefficient (Wildman–Crippen LogP) is 1.48. The Balaban J connectivity index is 2.56. The molecule has 0 bridgehead atoms. The van der Waals surface area contributed by atoms with Crippen LogP contribution in [0.4, 0.5) is 0 Å². The molecule has 0 radical (unpaired) electrons. The maximum absolute atomic E-state index is 10.6. The first kappa shape index (κ1) is 11.5. The Morgan fingerprint density at radius 1 is 1.60 bits per heavy atom. The predicted molar refractivity (Wildman–Crippen MR) is 58.5 cm³/mol. The third-order valence-electron chi connectivity index (χ3n) is 1.60. The maximum Gasteiger partial charge on any atom is 0.328 e. The number of carboxylic acid groups (broad SMARTS) is 1. The SMILES string of the molecule is CC(=O)NCc1cc(C=CC(=O)O)cs1. The molecule has 0 saturated heterocycles. The Bertz CT molecular complexity index is 395. The van der Waals surface area contributed by atoms with E-state index in [1.165, 1.54) is 24.3 Å². The fourth-order valence-corrected chi connectivity index (χ4v) is 1.75. The number of hydrogen-bond acceptors (Lipinski definition) is 3. The minimum absolute atomic E-state index is 0.0778. The third kappa shape index (κ3) is 4.42. The first-order chi connectivity index (χ1) is 7.08. The van der Waals surface area contributed by atoms with Crippen molar-refractivity contribution in [3.8, 4) is 0 Å². The highest BCUT2D eigenvalue weighted by atomic mass is 32.1. The molecule has 4 nitrogen and oxygen atoms in total. The van der Waals surface area contributed by atoms with E-state index in [-0.39, 0.29) is 5.91 Å². The van der Waals surface area contributed by atoms with Crippen molar-refractivity contribution in [2.45, 2.75) is 13.5 Å². The summed E-state index contributed by atoms with van der Waals surface area (Å²) < 4.78 is 0. The van der Waals surface area contributed by atoms with Gasteiger partial charge in [-0.25, -0.2) is 4.79 Å². The number of carboxylic acids is 1. The monoisotopic (exact) mass is 225 g/mol. The average molecular weight is 225 g/mol. The minimum atomic E-state index is -0.968. The van der Waals surface area contributed by atoms with Gasteiger partial charge in [-0.1, -0.05) is 0 Å². The van der Waals surface area contributed by atoms with Crippen molar-refractivity contribution < 1.29 is 14.7 Å². The molecular formula is C10H11NO3S. The quantitative estimate of drug-likeness (QED) is 0.763. The van der Waals surface area contributed by atoms with Gasteiger partial charge in [0, 0.05) is 17.9 Å². The van der Waals surface area contributed by atoms with Crippen molar-refractivity contribution in [3.05, 3.63) is 28.0 Å². The van der Waals surface area contributed by atoms with Gasteiger partial charge in [0.05, 0.1) is 6.54 Å². The highest BCUT2D eigenvalue weighted by molar-refractivity contribution is 7.10. The molecule has 1 amide bonds. The summed E-state index contributed by atoms with van der Waals surface area (Å²) >= 11 is 1.48. The van der Waals surface area contributed by atoms with E-state index in [0.717, 1.165) is 16.5 Å². The molecule has 1 aromatic heterocycles. The molecule has 0 spiro atoms. The molecule has 1 heterocycles. The van der Waals surface area contributed by atoms with Crippen molar-refractivity contribution in [2.75, 3.05) is 0 Å². The van der Waals surface area contributed by atoms with Crippen molar-refractivity contribution >= 4 is 29.3 Å². The number of rotatable bonds is 4. The first-order valence-corrected chi connectivity index (χ1v) is 5.19. The summed E-state index contributed by atoms with van der Waals surface area (Å²) in [7, 11) is 0. The average Bonchev–Trinajstić information content (AvgIpc) is 2.59. The van der Waals surface area contributed by atoms with E-state index in [2.05, 4.69) is 5.32 Å². The molecule has 5 heteroatoms. The number of carbonyl (C=O) groups excluding carboxylic acids is 1. The second-order valence-electron chi connectivity index (χ2n) is 2.93. The number of hydrogen-bond donors (Lipinski definition) is 2. The van der Waals surface area contributed by atoms with Crippen LogP contribution >= 0.6 is 11.3 Å². The van der Waals surface area contributed by atoms with Crippen molar-refractivity contribution in [2.24, 2.45) is 0 Å². The Morgan fingerprint density at radius 3 is 2.93 bits per heavy atom. The molecule has 1 rings (SSSR count). The van der Waals surface area contributed by atoms with Gasteiger partial charge in [0.15, 0.2) is 0 Å². The Kier molecular flexibility index (Phi) is 4.05. The van der Waals surface area contributed by atoms with Crippen LogP contribution in [0, 0.1) is 0 Å². The van der Waals surface area contributed by atoms with Crippen LogP contribution in [0.5, 0.6) is 0 Å². The molecule has 0 aliphatic rings. The summed E-state index contributed by atoms with van der Waals surface area (Å²) in [5.74, 6) is -1.05. The molecule has 0 atom stereocenters. The molecule has 15 heavy (non-hydrogen) atoms. The lowest BCUT2D eigenvalue weighted by Crippen LogP contribution is -2.18. The maximum atomic E-state index is 10.6. The van der Waals surface area contributed by atoms with Crippen molar-refractivity contribution in [3.63, 3.8) is 0 Å². The zero-order valence-corrected chi connectivity index (χ0v) is 9.00. The molecule has 0 fully saturated rings. The third-order valence-corrected chi connectivity index (χ3v) is 2.56. The smallest absolute Gasteiger partial charge is 0.328 e. The Hall–Kier alpha value is -1.62. The lowest BCUT2D eigenvalue weighted by molar-refractivity contribution is -0.131. The molecule has 0 aliphatic heterocycles. The van der Waals surface area contributed by atoms with E-state index in [1.807, 2.05) is 11.4 Å². The van der Waals surface area contributed by atoms with Gasteiger partial charge in [0.25, 0.3) is 0 Å². The van der Waals surface area contributed by atoms with Crippen LogP contribution in [0.3, 0.4) is 0 Å². The van der Waals surface area contributed by atoms with Crippen molar-refractivity contribution in [1.29, 1.82) is 0 Å². The van der Waals surface area contributed by atoms with Gasteiger partial charge in [0.1, 0.15) is 0 Å². The van der Waals surface area contributed by atoms with E-state index >= 15 is 0 Å². The molecule has 2 N–H and O–H groups in total.